The first-order chi connectivity index (χ1) is 41.2. The van der Waals surface area contributed by atoms with Gasteiger partial charge < -0.3 is 61.5 Å². The molecule has 0 saturated heterocycles. The average molecular weight is 1180 g/mol. The number of nitrogens with one attached hydrogen (secondary N) is 8. The van der Waals surface area contributed by atoms with Crippen molar-refractivity contribution in [3.05, 3.63) is 168 Å². The molecule has 456 valence electrons. The zero-order chi connectivity index (χ0) is 62.2. The van der Waals surface area contributed by atoms with Gasteiger partial charge in [0.05, 0.1) is 52.6 Å². The Bertz CT molecular complexity index is 3690. The van der Waals surface area contributed by atoms with E-state index < -0.39 is 0 Å². The normalized spacial score (nSPS) is 19.2. The molecular weight excluding hydrogens is 1100 g/mol. The third-order valence-corrected chi connectivity index (χ3v) is 15.5. The predicted molar refractivity (Wildman–Crippen MR) is 332 cm³/mol. The Balaban J connectivity index is 0.000000207. The quantitative estimate of drug-likeness (QED) is 0.0395. The van der Waals surface area contributed by atoms with E-state index in [-0.39, 0.29) is 109 Å². The van der Waals surface area contributed by atoms with Crippen molar-refractivity contribution in [2.75, 3.05) is 51.4 Å². The van der Waals surface area contributed by atoms with Gasteiger partial charge in [0.1, 0.15) is 0 Å². The van der Waals surface area contributed by atoms with Crippen LogP contribution < -0.4 is 49.0 Å². The Labute approximate surface area is 500 Å². The Morgan fingerprint density at radius 1 is 0.500 bits per heavy atom. The third kappa shape index (κ3) is 17.3. The minimum atomic E-state index is -0.365. The molecule has 0 saturated carbocycles. The number of nitrogens with two attached hydrogens (primary N) is 1. The summed E-state index contributed by atoms with van der Waals surface area (Å²) >= 11 is 0. The first-order valence-electron chi connectivity index (χ1n) is 28.7. The number of anilines is 3. The molecule has 86 heavy (non-hydrogen) atoms. The Hall–Kier alpha value is -9.05. The number of carbonyl (C=O) groups is 6. The number of aromatic amines is 3. The summed E-state index contributed by atoms with van der Waals surface area (Å²) in [7, 11) is 7.71. The summed E-state index contributed by atoms with van der Waals surface area (Å²) in [6.07, 6.45) is 9.28. The van der Waals surface area contributed by atoms with Gasteiger partial charge in [-0.25, -0.2) is 0 Å². The summed E-state index contributed by atoms with van der Waals surface area (Å²) in [6, 6.07) is 26.0. The highest BCUT2D eigenvalue weighted by molar-refractivity contribution is 5.99. The van der Waals surface area contributed by atoms with Crippen LogP contribution in [-0.2, 0) is 62.2 Å². The molecule has 0 spiro atoms. The van der Waals surface area contributed by atoms with Gasteiger partial charge >= 0.3 is 17.9 Å². The van der Waals surface area contributed by atoms with Crippen molar-refractivity contribution in [3.63, 3.8) is 0 Å². The zero-order valence-corrected chi connectivity index (χ0v) is 49.8. The van der Waals surface area contributed by atoms with Crippen LogP contribution in [0.25, 0.3) is 33.4 Å². The van der Waals surface area contributed by atoms with Crippen molar-refractivity contribution >= 4 is 52.7 Å². The van der Waals surface area contributed by atoms with Crippen molar-refractivity contribution in [1.82, 2.24) is 25.6 Å². The molecular formula is C65H79N9O12. The molecule has 21 heteroatoms. The van der Waals surface area contributed by atoms with E-state index >= 15 is 0 Å². The van der Waals surface area contributed by atoms with E-state index in [0.717, 1.165) is 53.8 Å². The molecule has 9 rings (SSSR count). The highest BCUT2D eigenvalue weighted by Crippen LogP contribution is 2.35. The van der Waals surface area contributed by atoms with Gasteiger partial charge in [0.2, 0.25) is 34.4 Å². The minimum absolute atomic E-state index is 0. The molecule has 3 aromatic heterocycles. The van der Waals surface area contributed by atoms with Crippen LogP contribution in [0.15, 0.2) is 118 Å². The summed E-state index contributed by atoms with van der Waals surface area (Å²) in [5, 5.41) is 15.4. The Morgan fingerprint density at radius 2 is 0.872 bits per heavy atom. The van der Waals surface area contributed by atoms with Crippen LogP contribution in [0.1, 0.15) is 119 Å². The van der Waals surface area contributed by atoms with Gasteiger partial charge in [-0.1, -0.05) is 82.2 Å². The maximum atomic E-state index is 12.7. The maximum Gasteiger partial charge on any atom is 0.309 e. The van der Waals surface area contributed by atoms with Gasteiger partial charge in [-0.3, -0.25) is 43.2 Å². The van der Waals surface area contributed by atoms with Gasteiger partial charge in [0.25, 0.3) is 0 Å². The molecule has 0 fully saturated rings. The summed E-state index contributed by atoms with van der Waals surface area (Å²) in [5.41, 5.74) is 15.9. The maximum absolute atomic E-state index is 12.7. The lowest BCUT2D eigenvalue weighted by Crippen LogP contribution is -2.24. The van der Waals surface area contributed by atoms with Crippen molar-refractivity contribution in [3.8, 4) is 33.4 Å². The molecule has 6 aromatic rings. The number of hydrogen-bond acceptors (Lipinski definition) is 15. The number of aromatic nitrogens is 3. The summed E-state index contributed by atoms with van der Waals surface area (Å²) in [4.78, 5) is 119. The Morgan fingerprint density at radius 3 is 1.28 bits per heavy atom. The van der Waals surface area contributed by atoms with Crippen LogP contribution in [-0.4, -0.2) is 86.0 Å². The van der Waals surface area contributed by atoms with Crippen LogP contribution in [0.3, 0.4) is 0 Å². The summed E-state index contributed by atoms with van der Waals surface area (Å²) < 4.78 is 14.2. The fourth-order valence-corrected chi connectivity index (χ4v) is 10.4. The smallest absolute Gasteiger partial charge is 0.309 e. The third-order valence-electron chi connectivity index (χ3n) is 15.5. The monoisotopic (exact) mass is 1180 g/mol. The van der Waals surface area contributed by atoms with Crippen molar-refractivity contribution < 1.29 is 44.4 Å². The molecule has 6 atom stereocenters. The molecule has 3 aliphatic heterocycles. The average Bonchev–Trinajstić information content (AvgIpc) is 3.02. The molecule has 10 N–H and O–H groups in total. The number of amides is 3. The van der Waals surface area contributed by atoms with Gasteiger partial charge in [-0.15, -0.1) is 0 Å². The first kappa shape index (κ1) is 64.5. The van der Waals surface area contributed by atoms with Gasteiger partial charge in [-0.2, -0.15) is 0 Å². The molecule has 0 radical (unpaired) electrons. The second-order valence-electron chi connectivity index (χ2n) is 21.8. The van der Waals surface area contributed by atoms with Gasteiger partial charge in [-0.05, 0) is 116 Å². The van der Waals surface area contributed by atoms with Crippen molar-refractivity contribution in [2.45, 2.75) is 103 Å². The molecule has 6 unspecified atom stereocenters. The van der Waals surface area contributed by atoms with Gasteiger partial charge in [0.15, 0.2) is 0 Å². The molecule has 3 aliphatic rings. The van der Waals surface area contributed by atoms with E-state index in [4.69, 9.17) is 19.9 Å². The van der Waals surface area contributed by atoms with Crippen LogP contribution in [0.4, 0.5) is 17.1 Å². The highest BCUT2D eigenvalue weighted by Gasteiger charge is 2.24. The number of H-pyrrole nitrogens is 3. The lowest BCUT2D eigenvalue weighted by Gasteiger charge is -2.21. The molecule has 6 heterocycles. The van der Waals surface area contributed by atoms with E-state index in [1.807, 2.05) is 83.4 Å². The molecule has 21 nitrogen and oxygen atoms in total. The number of rotatable bonds is 8. The number of hydrogen-bond donors (Lipinski definition) is 9. The Kier molecular flexibility index (Phi) is 22.6. The van der Waals surface area contributed by atoms with Crippen LogP contribution in [0.5, 0.6) is 0 Å². The fourth-order valence-electron chi connectivity index (χ4n) is 10.4. The molecule has 0 aliphatic carbocycles. The number of methoxy groups -OCH3 is 3. The van der Waals surface area contributed by atoms with E-state index in [2.05, 4.69) is 41.5 Å². The highest BCUT2D eigenvalue weighted by atomic mass is 16.5. The van der Waals surface area contributed by atoms with Crippen molar-refractivity contribution in [1.29, 1.82) is 0 Å². The summed E-state index contributed by atoms with van der Waals surface area (Å²) in [5.74, 6) is -2.08. The SMILES string of the molecule is CNC1CC=CC(C)C(=O)Nc2cc(CC(=O)OC)ccc2-c2cc1[nH]c(=O)c2.CNC1CCCC(C)C(=O)Nc2cc(CC(=O)OC)ccc2-c2cc1[nH]c(=O)c2.COC(=O)Cc1ccc2c(c1)NC(=O)C(C)CCCC(N)c1cc-2cc(=O)[nH]1.[HH]. The second-order valence-corrected chi connectivity index (χ2v) is 21.8. The fraction of sp³-hybridized carbons (Fsp3) is 0.369. The molecule has 3 amide bonds. The minimum Gasteiger partial charge on any atom is -0.469 e. The second kappa shape index (κ2) is 30.2. The van der Waals surface area contributed by atoms with Crippen LogP contribution in [0.2, 0.25) is 0 Å². The number of carbonyl (C=O) groups excluding carboxylic acids is 6. The summed E-state index contributed by atoms with van der Waals surface area (Å²) in [6.45, 7) is 5.62. The van der Waals surface area contributed by atoms with Gasteiger partial charge in [0, 0.05) is 94.4 Å². The van der Waals surface area contributed by atoms with E-state index in [0.29, 0.717) is 75.4 Å². The number of pyridine rings is 3. The number of benzene rings is 3. The van der Waals surface area contributed by atoms with Crippen LogP contribution >= 0.6 is 0 Å². The zero-order valence-electron chi connectivity index (χ0n) is 49.8. The first-order valence-corrected chi connectivity index (χ1v) is 28.7. The van der Waals surface area contributed by atoms with E-state index in [1.165, 1.54) is 39.5 Å². The lowest BCUT2D eigenvalue weighted by molar-refractivity contribution is -0.140. The number of fused-ring (bicyclic) bond motifs is 12. The standard InChI is InChI=1S/C22H27N3O4.C22H25N3O4.C21H25N3O4.H2/c2*1-13-5-4-6-17(23-2)19-11-15(12-20(26)24-19)16-8-7-14(10-21(27)29-3)9-18(16)25-22(13)28;1-12-4-3-5-16(22)18-10-14(11-19(25)23-18)15-7-6-13(9-20(26)28-2)8-17(15)24-21(12)27;/h7-9,11-13,17,23H,4-6,10H2,1-3H3,(H,24,26)(H,25,28);4-5,7-9,11-13,17,23H,6,10H2,1-3H3,(H,24,26)(H,25,28);6-8,10-12,16H,3-5,9,22H2,1-2H3,(H,23,25)(H,24,27);1H. The predicted octanol–water partition coefficient (Wildman–Crippen LogP) is 8.09. The lowest BCUT2D eigenvalue weighted by atomic mass is 9.94. The van der Waals surface area contributed by atoms with E-state index in [9.17, 15) is 43.2 Å². The topological polar surface area (TPSA) is 315 Å². The number of ether oxygens (including phenoxy) is 3. The van der Waals surface area contributed by atoms with Crippen LogP contribution in [0, 0.1) is 17.8 Å². The molecule has 3 aromatic carbocycles. The number of esters is 3. The largest absolute Gasteiger partial charge is 0.469 e. The van der Waals surface area contributed by atoms with E-state index in [1.54, 1.807) is 36.4 Å². The molecule has 6 bridgehead atoms. The van der Waals surface area contributed by atoms with Crippen molar-refractivity contribution in [2.24, 2.45) is 23.5 Å².